The predicted molar refractivity (Wildman–Crippen MR) is 68.6 cm³/mol. The second-order valence-electron chi connectivity index (χ2n) is 4.03. The molecule has 3 rings (SSSR count). The molecule has 0 aromatic carbocycles. The lowest BCUT2D eigenvalue weighted by Gasteiger charge is -1.97. The van der Waals surface area contributed by atoms with E-state index in [0.717, 1.165) is 28.2 Å². The van der Waals surface area contributed by atoms with Crippen molar-refractivity contribution in [1.82, 2.24) is 29.3 Å². The number of rotatable bonds is 2. The molecule has 0 bridgehead atoms. The van der Waals surface area contributed by atoms with Crippen LogP contribution in [0.15, 0.2) is 25.3 Å². The van der Waals surface area contributed by atoms with E-state index >= 15 is 0 Å². The Morgan fingerprint density at radius 3 is 2.78 bits per heavy atom. The number of imidazole rings is 1. The fraction of sp³-hybridized carbons (Fsp3) is 0.167. The van der Waals surface area contributed by atoms with Gasteiger partial charge in [-0.3, -0.25) is 4.68 Å². The molecule has 0 aliphatic rings. The third-order valence-electron chi connectivity index (χ3n) is 2.84. The number of hydrogen-bond acceptors (Lipinski definition) is 4. The summed E-state index contributed by atoms with van der Waals surface area (Å²) in [6.45, 7) is 3.74. The molecule has 0 saturated heterocycles. The van der Waals surface area contributed by atoms with Gasteiger partial charge in [-0.2, -0.15) is 5.10 Å². The summed E-state index contributed by atoms with van der Waals surface area (Å²) in [4.78, 5) is 13.0. The first-order valence-electron chi connectivity index (χ1n) is 5.49. The van der Waals surface area contributed by atoms with Crippen LogP contribution in [0.4, 0.5) is 0 Å². The Morgan fingerprint density at radius 2 is 2.11 bits per heavy atom. The summed E-state index contributed by atoms with van der Waals surface area (Å²) >= 11 is 0. The van der Waals surface area contributed by atoms with Crippen molar-refractivity contribution in [2.45, 2.75) is 0 Å². The number of aryl methyl sites for hydroxylation is 2. The molecule has 0 spiro atoms. The van der Waals surface area contributed by atoms with E-state index in [1.165, 1.54) is 6.33 Å². The van der Waals surface area contributed by atoms with Gasteiger partial charge in [0.15, 0.2) is 5.65 Å². The van der Waals surface area contributed by atoms with Crippen LogP contribution in [0, 0.1) is 0 Å². The molecule has 6 nitrogen and oxygen atoms in total. The molecule has 0 atom stereocenters. The second kappa shape index (κ2) is 3.76. The Labute approximate surface area is 104 Å². The molecule has 0 N–H and O–H groups in total. The third kappa shape index (κ3) is 1.42. The molecular weight excluding hydrogens is 228 g/mol. The molecule has 3 aromatic heterocycles. The van der Waals surface area contributed by atoms with Gasteiger partial charge in [0, 0.05) is 20.3 Å². The van der Waals surface area contributed by atoms with E-state index in [1.807, 2.05) is 24.9 Å². The van der Waals surface area contributed by atoms with E-state index in [4.69, 9.17) is 0 Å². The Kier molecular flexibility index (Phi) is 2.22. The molecule has 3 aromatic rings. The maximum absolute atomic E-state index is 4.58. The van der Waals surface area contributed by atoms with Gasteiger partial charge in [0.2, 0.25) is 0 Å². The molecule has 0 amide bonds. The van der Waals surface area contributed by atoms with Crippen LogP contribution in [0.3, 0.4) is 0 Å². The largest absolute Gasteiger partial charge is 0.312 e. The Hall–Kier alpha value is -2.50. The second-order valence-corrected chi connectivity index (χ2v) is 4.03. The highest BCUT2D eigenvalue weighted by atomic mass is 15.2. The van der Waals surface area contributed by atoms with Crippen LogP contribution in [0.1, 0.15) is 5.69 Å². The summed E-state index contributed by atoms with van der Waals surface area (Å²) in [5.41, 5.74) is 3.24. The van der Waals surface area contributed by atoms with Gasteiger partial charge in [-0.25, -0.2) is 15.0 Å². The van der Waals surface area contributed by atoms with Crippen molar-refractivity contribution in [2.24, 2.45) is 14.1 Å². The van der Waals surface area contributed by atoms with Crippen molar-refractivity contribution in [2.75, 3.05) is 0 Å². The number of hydrogen-bond donors (Lipinski definition) is 0. The minimum absolute atomic E-state index is 0.741. The minimum Gasteiger partial charge on any atom is -0.312 e. The van der Waals surface area contributed by atoms with Crippen molar-refractivity contribution in [1.29, 1.82) is 0 Å². The topological polar surface area (TPSA) is 61.4 Å². The van der Waals surface area contributed by atoms with Gasteiger partial charge in [0.1, 0.15) is 17.7 Å². The zero-order valence-electron chi connectivity index (χ0n) is 10.2. The number of aromatic nitrogens is 6. The van der Waals surface area contributed by atoms with Gasteiger partial charge < -0.3 is 4.57 Å². The van der Waals surface area contributed by atoms with Gasteiger partial charge in [-0.15, -0.1) is 0 Å². The molecule has 18 heavy (non-hydrogen) atoms. The summed E-state index contributed by atoms with van der Waals surface area (Å²) in [6.07, 6.45) is 6.91. The van der Waals surface area contributed by atoms with E-state index in [2.05, 4.69) is 26.6 Å². The molecule has 0 saturated carbocycles. The highest BCUT2D eigenvalue weighted by Crippen LogP contribution is 2.23. The van der Waals surface area contributed by atoms with Crippen LogP contribution in [0.2, 0.25) is 0 Å². The average molecular weight is 240 g/mol. The third-order valence-corrected chi connectivity index (χ3v) is 2.84. The molecule has 90 valence electrons. The van der Waals surface area contributed by atoms with Crippen LogP contribution in [0.5, 0.6) is 0 Å². The van der Waals surface area contributed by atoms with E-state index in [1.54, 1.807) is 17.0 Å². The maximum atomic E-state index is 4.58. The lowest BCUT2D eigenvalue weighted by molar-refractivity contribution is 0.767. The first-order chi connectivity index (χ1) is 8.70. The summed E-state index contributed by atoms with van der Waals surface area (Å²) in [6, 6.07) is 0. The summed E-state index contributed by atoms with van der Waals surface area (Å²) in [5, 5.41) is 4.15. The molecule has 6 heteroatoms. The van der Waals surface area contributed by atoms with Gasteiger partial charge >= 0.3 is 0 Å². The van der Waals surface area contributed by atoms with Crippen molar-refractivity contribution in [3.63, 3.8) is 0 Å². The number of nitrogens with zero attached hydrogens (tertiary/aromatic N) is 6. The van der Waals surface area contributed by atoms with Crippen molar-refractivity contribution >= 4 is 17.2 Å². The monoisotopic (exact) mass is 240 g/mol. The Balaban J connectivity index is 2.32. The molecule has 3 heterocycles. The fourth-order valence-corrected chi connectivity index (χ4v) is 1.96. The quantitative estimate of drug-likeness (QED) is 0.679. The lowest BCUT2D eigenvalue weighted by atomic mass is 10.3. The molecule has 0 radical (unpaired) electrons. The number of fused-ring (bicyclic) bond motifs is 1. The average Bonchev–Trinajstić information content (AvgIpc) is 2.94. The SMILES string of the molecule is C=Cc1ncnc2c1nc(-c1cnn(C)c1)n2C. The van der Waals surface area contributed by atoms with Gasteiger partial charge in [-0.1, -0.05) is 6.58 Å². The first-order valence-corrected chi connectivity index (χ1v) is 5.49. The molecule has 0 aliphatic heterocycles. The van der Waals surface area contributed by atoms with Crippen LogP contribution in [-0.4, -0.2) is 29.3 Å². The van der Waals surface area contributed by atoms with Crippen molar-refractivity contribution < 1.29 is 0 Å². The predicted octanol–water partition coefficient (Wildman–Crippen LogP) is 1.41. The van der Waals surface area contributed by atoms with E-state index in [9.17, 15) is 0 Å². The van der Waals surface area contributed by atoms with E-state index < -0.39 is 0 Å². The van der Waals surface area contributed by atoms with Gasteiger partial charge in [-0.05, 0) is 6.08 Å². The lowest BCUT2D eigenvalue weighted by Crippen LogP contribution is -1.93. The Bertz CT molecular complexity index is 736. The molecule has 0 unspecified atom stereocenters. The van der Waals surface area contributed by atoms with Crippen molar-refractivity contribution in [3.8, 4) is 11.4 Å². The molecular formula is C12H12N6. The standard InChI is InChI=1S/C12H12N6/c1-4-9-10-12(14-7-13-9)18(3)11(16-10)8-5-15-17(2)6-8/h4-7H,1H2,2-3H3. The maximum Gasteiger partial charge on any atom is 0.164 e. The highest BCUT2D eigenvalue weighted by molar-refractivity contribution is 5.83. The highest BCUT2D eigenvalue weighted by Gasteiger charge is 2.14. The van der Waals surface area contributed by atoms with Gasteiger partial charge in [0.05, 0.1) is 17.5 Å². The van der Waals surface area contributed by atoms with Crippen LogP contribution in [-0.2, 0) is 14.1 Å². The fourth-order valence-electron chi connectivity index (χ4n) is 1.96. The smallest absolute Gasteiger partial charge is 0.164 e. The normalized spacial score (nSPS) is 11.0. The Morgan fingerprint density at radius 1 is 1.28 bits per heavy atom. The van der Waals surface area contributed by atoms with E-state index in [0.29, 0.717) is 0 Å². The zero-order valence-corrected chi connectivity index (χ0v) is 10.2. The van der Waals surface area contributed by atoms with Crippen LogP contribution < -0.4 is 0 Å². The van der Waals surface area contributed by atoms with Crippen LogP contribution >= 0.6 is 0 Å². The summed E-state index contributed by atoms with van der Waals surface area (Å²) in [7, 11) is 3.80. The zero-order chi connectivity index (χ0) is 12.7. The molecule has 0 aliphatic carbocycles. The first kappa shape index (κ1) is 10.6. The van der Waals surface area contributed by atoms with Crippen molar-refractivity contribution in [3.05, 3.63) is 31.0 Å². The minimum atomic E-state index is 0.741. The van der Waals surface area contributed by atoms with E-state index in [-0.39, 0.29) is 0 Å². The van der Waals surface area contributed by atoms with Crippen LogP contribution in [0.25, 0.3) is 28.6 Å². The summed E-state index contributed by atoms with van der Waals surface area (Å²) in [5.74, 6) is 0.821. The summed E-state index contributed by atoms with van der Waals surface area (Å²) < 4.78 is 3.68. The van der Waals surface area contributed by atoms with Gasteiger partial charge in [0.25, 0.3) is 0 Å². The molecule has 0 fully saturated rings.